The van der Waals surface area contributed by atoms with E-state index < -0.39 is 10.0 Å². The molecule has 1 fully saturated rings. The molecule has 7 nitrogen and oxygen atoms in total. The van der Waals surface area contributed by atoms with E-state index in [2.05, 4.69) is 19.9 Å². The number of aromatic nitrogens is 3. The van der Waals surface area contributed by atoms with Crippen LogP contribution in [0.4, 0.5) is 0 Å². The van der Waals surface area contributed by atoms with Gasteiger partial charge in [0, 0.05) is 23.3 Å². The average Bonchev–Trinajstić information content (AvgIpc) is 3.18. The number of aromatic amines is 1. The van der Waals surface area contributed by atoms with Crippen molar-refractivity contribution in [1.82, 2.24) is 19.9 Å². The molecule has 2 aromatic heterocycles. The summed E-state index contributed by atoms with van der Waals surface area (Å²) in [5.41, 5.74) is 2.57. The van der Waals surface area contributed by atoms with Crippen molar-refractivity contribution in [2.75, 3.05) is 0 Å². The predicted molar refractivity (Wildman–Crippen MR) is 105 cm³/mol. The van der Waals surface area contributed by atoms with Crippen molar-refractivity contribution in [1.29, 1.82) is 0 Å². The van der Waals surface area contributed by atoms with Crippen molar-refractivity contribution >= 4 is 10.0 Å². The number of hydrogen-bond acceptors (Lipinski definition) is 5. The third kappa shape index (κ3) is 3.38. The summed E-state index contributed by atoms with van der Waals surface area (Å²) in [6.45, 7) is 5.37. The molecule has 3 aromatic rings. The lowest BCUT2D eigenvalue weighted by Crippen LogP contribution is -2.27. The maximum Gasteiger partial charge on any atom is 0.250 e. The van der Waals surface area contributed by atoms with Crippen LogP contribution < -0.4 is 4.72 Å². The smallest absolute Gasteiger partial charge is 0.250 e. The van der Waals surface area contributed by atoms with Gasteiger partial charge in [-0.1, -0.05) is 36.8 Å². The van der Waals surface area contributed by atoms with E-state index in [1.54, 1.807) is 6.92 Å². The van der Waals surface area contributed by atoms with E-state index >= 15 is 0 Å². The van der Waals surface area contributed by atoms with Crippen molar-refractivity contribution in [2.45, 2.75) is 56.9 Å². The Bertz CT molecular complexity index is 1080. The van der Waals surface area contributed by atoms with Crippen LogP contribution >= 0.6 is 0 Å². The largest absolute Gasteiger partial charge is 0.420 e. The van der Waals surface area contributed by atoms with Crippen LogP contribution in [0.1, 0.15) is 61.0 Å². The van der Waals surface area contributed by atoms with Gasteiger partial charge in [-0.2, -0.15) is 0 Å². The van der Waals surface area contributed by atoms with Gasteiger partial charge in [-0.15, -0.1) is 10.2 Å². The summed E-state index contributed by atoms with van der Waals surface area (Å²) < 4.78 is 35.1. The standard InChI is InChI=1S/C20H24N4O3S/c1-12(15-8-5-4-6-9-15)24-28(25,26)18-14(3)21-13(2)17(18)20-23-22-19(27-20)16-10-7-11-16/h4-6,8-9,12,16,21,24H,7,10-11H2,1-3H3/t12-/m0/s1. The third-order valence-corrected chi connectivity index (χ3v) is 7.04. The number of H-pyrrole nitrogens is 1. The van der Waals surface area contributed by atoms with E-state index in [0.717, 1.165) is 24.8 Å². The van der Waals surface area contributed by atoms with E-state index in [0.29, 0.717) is 22.8 Å². The Morgan fingerprint density at radius 3 is 2.50 bits per heavy atom. The first-order valence-electron chi connectivity index (χ1n) is 9.47. The van der Waals surface area contributed by atoms with Crippen LogP contribution in [0.25, 0.3) is 11.5 Å². The first kappa shape index (κ1) is 18.9. The maximum atomic E-state index is 13.2. The Labute approximate surface area is 164 Å². The van der Waals surface area contributed by atoms with Gasteiger partial charge in [0.2, 0.25) is 15.9 Å². The van der Waals surface area contributed by atoms with Crippen molar-refractivity contribution < 1.29 is 12.8 Å². The molecule has 4 rings (SSSR count). The molecule has 0 saturated heterocycles. The number of aryl methyl sites for hydroxylation is 2. The normalized spacial score (nSPS) is 16.1. The van der Waals surface area contributed by atoms with Crippen molar-refractivity contribution in [3.05, 3.63) is 53.2 Å². The van der Waals surface area contributed by atoms with Gasteiger partial charge >= 0.3 is 0 Å². The SMILES string of the molecule is Cc1[nH]c(C)c(S(=O)(=O)N[C@@H](C)c2ccccc2)c1-c1nnc(C2CCC2)o1. The summed E-state index contributed by atoms with van der Waals surface area (Å²) in [6.07, 6.45) is 3.23. The first-order chi connectivity index (χ1) is 13.4. The van der Waals surface area contributed by atoms with Crippen LogP contribution in [0, 0.1) is 13.8 Å². The zero-order valence-electron chi connectivity index (χ0n) is 16.2. The summed E-state index contributed by atoms with van der Waals surface area (Å²) in [5.74, 6) is 1.13. The highest BCUT2D eigenvalue weighted by atomic mass is 32.2. The molecular formula is C20H24N4O3S. The van der Waals surface area contributed by atoms with E-state index in [4.69, 9.17) is 4.42 Å². The molecule has 2 heterocycles. The molecule has 0 amide bonds. The topological polar surface area (TPSA) is 101 Å². The fraction of sp³-hybridized carbons (Fsp3) is 0.400. The average molecular weight is 401 g/mol. The van der Waals surface area contributed by atoms with Crippen molar-refractivity contribution in [2.24, 2.45) is 0 Å². The van der Waals surface area contributed by atoms with E-state index in [-0.39, 0.29) is 22.7 Å². The summed E-state index contributed by atoms with van der Waals surface area (Å²) in [5, 5.41) is 8.30. The summed E-state index contributed by atoms with van der Waals surface area (Å²) in [4.78, 5) is 3.28. The lowest BCUT2D eigenvalue weighted by atomic mass is 9.85. The number of nitrogens with zero attached hydrogens (tertiary/aromatic N) is 2. The Morgan fingerprint density at radius 2 is 1.86 bits per heavy atom. The van der Waals surface area contributed by atoms with Gasteiger partial charge < -0.3 is 9.40 Å². The van der Waals surface area contributed by atoms with Gasteiger partial charge in [0.1, 0.15) is 4.90 Å². The van der Waals surface area contributed by atoms with Crippen LogP contribution in [0.15, 0.2) is 39.6 Å². The molecule has 1 saturated carbocycles. The van der Waals surface area contributed by atoms with E-state index in [1.165, 1.54) is 0 Å². The summed E-state index contributed by atoms with van der Waals surface area (Å²) in [6, 6.07) is 9.09. The fourth-order valence-corrected chi connectivity index (χ4v) is 5.29. The minimum atomic E-state index is -3.81. The summed E-state index contributed by atoms with van der Waals surface area (Å²) in [7, 11) is -3.81. The highest BCUT2D eigenvalue weighted by Gasteiger charge is 2.32. The van der Waals surface area contributed by atoms with Crippen LogP contribution in [0.5, 0.6) is 0 Å². The minimum Gasteiger partial charge on any atom is -0.420 e. The highest BCUT2D eigenvalue weighted by molar-refractivity contribution is 7.89. The second-order valence-corrected chi connectivity index (χ2v) is 9.06. The van der Waals surface area contributed by atoms with Crippen molar-refractivity contribution in [3.8, 4) is 11.5 Å². The molecule has 0 spiro atoms. The zero-order valence-corrected chi connectivity index (χ0v) is 17.0. The lowest BCUT2D eigenvalue weighted by molar-refractivity contribution is 0.338. The molecule has 0 bridgehead atoms. The quantitative estimate of drug-likeness (QED) is 0.651. The first-order valence-corrected chi connectivity index (χ1v) is 11.0. The molecule has 2 N–H and O–H groups in total. The Morgan fingerprint density at radius 1 is 1.14 bits per heavy atom. The second kappa shape index (κ2) is 7.18. The Kier molecular flexibility index (Phi) is 4.84. The fourth-order valence-electron chi connectivity index (χ4n) is 3.61. The molecule has 0 unspecified atom stereocenters. The second-order valence-electron chi connectivity index (χ2n) is 7.41. The lowest BCUT2D eigenvalue weighted by Gasteiger charge is -2.20. The molecule has 1 aliphatic carbocycles. The van der Waals surface area contributed by atoms with E-state index in [9.17, 15) is 8.42 Å². The van der Waals surface area contributed by atoms with Gasteiger partial charge in [-0.3, -0.25) is 0 Å². The molecule has 1 atom stereocenters. The number of rotatable bonds is 6. The third-order valence-electron chi connectivity index (χ3n) is 5.33. The highest BCUT2D eigenvalue weighted by Crippen LogP contribution is 2.38. The Hall–Kier alpha value is -2.45. The van der Waals surface area contributed by atoms with Crippen LogP contribution in [0.2, 0.25) is 0 Å². The minimum absolute atomic E-state index is 0.164. The zero-order chi connectivity index (χ0) is 19.9. The molecule has 148 valence electrons. The van der Waals surface area contributed by atoms with Gasteiger partial charge in [0.25, 0.3) is 5.89 Å². The molecule has 1 aromatic carbocycles. The van der Waals surface area contributed by atoms with Gasteiger partial charge in [-0.05, 0) is 39.2 Å². The van der Waals surface area contributed by atoms with Crippen molar-refractivity contribution in [3.63, 3.8) is 0 Å². The molecule has 8 heteroatoms. The molecular weight excluding hydrogens is 376 g/mol. The number of nitrogens with one attached hydrogen (secondary N) is 2. The van der Waals surface area contributed by atoms with E-state index in [1.807, 2.05) is 44.2 Å². The number of sulfonamides is 1. The monoisotopic (exact) mass is 400 g/mol. The van der Waals surface area contributed by atoms with Gasteiger partial charge in [0.05, 0.1) is 5.56 Å². The summed E-state index contributed by atoms with van der Waals surface area (Å²) >= 11 is 0. The van der Waals surface area contributed by atoms with Crippen LogP contribution in [0.3, 0.4) is 0 Å². The van der Waals surface area contributed by atoms with Gasteiger partial charge in [-0.25, -0.2) is 13.1 Å². The Balaban J connectivity index is 1.70. The molecule has 0 aliphatic heterocycles. The van der Waals surface area contributed by atoms with Crippen LogP contribution in [-0.4, -0.2) is 23.6 Å². The molecule has 0 radical (unpaired) electrons. The van der Waals surface area contributed by atoms with Crippen LogP contribution in [-0.2, 0) is 10.0 Å². The predicted octanol–water partition coefficient (Wildman–Crippen LogP) is 3.99. The maximum absolute atomic E-state index is 13.2. The molecule has 1 aliphatic rings. The molecule has 28 heavy (non-hydrogen) atoms. The number of hydrogen-bond donors (Lipinski definition) is 2. The number of benzene rings is 1. The van der Waals surface area contributed by atoms with Gasteiger partial charge in [0.15, 0.2) is 0 Å².